The average Bonchev–Trinajstić information content (AvgIpc) is 2.86. The smallest absolute Gasteiger partial charge is 0.410 e. The van der Waals surface area contributed by atoms with Gasteiger partial charge in [0.05, 0.1) is 25.1 Å². The summed E-state index contributed by atoms with van der Waals surface area (Å²) in [6.45, 7) is 6.67. The maximum absolute atomic E-state index is 12.5. The number of rotatable bonds is 7. The van der Waals surface area contributed by atoms with E-state index in [9.17, 15) is 9.59 Å². The Morgan fingerprint density at radius 1 is 1.06 bits per heavy atom. The van der Waals surface area contributed by atoms with Crippen molar-refractivity contribution in [3.63, 3.8) is 0 Å². The van der Waals surface area contributed by atoms with Crippen molar-refractivity contribution >= 4 is 18.0 Å². The van der Waals surface area contributed by atoms with Crippen molar-refractivity contribution in [3.8, 4) is 5.75 Å². The quantitative estimate of drug-likeness (QED) is 0.631. The molecular weight excluding hydrogens is 444 g/mol. The van der Waals surface area contributed by atoms with E-state index >= 15 is 0 Å². The van der Waals surface area contributed by atoms with E-state index in [-0.39, 0.29) is 18.6 Å². The summed E-state index contributed by atoms with van der Waals surface area (Å²) in [5.74, 6) is 1.75. The molecule has 2 N–H and O–H groups in total. The fourth-order valence-electron chi connectivity index (χ4n) is 4.24. The van der Waals surface area contributed by atoms with Gasteiger partial charge in [0.1, 0.15) is 12.4 Å². The molecule has 0 aromatic heterocycles. The second-order valence-electron chi connectivity index (χ2n) is 9.67. The number of ether oxygens (including phenoxy) is 2. The number of amides is 2. The van der Waals surface area contributed by atoms with E-state index in [1.165, 1.54) is 0 Å². The van der Waals surface area contributed by atoms with Gasteiger partial charge in [0, 0.05) is 13.1 Å². The molecule has 0 bridgehead atoms. The SMILES string of the molecule is CC(C)COc1ccc(CN=C2NC(=O)CC3(CCN(C(=O)OCc4ccccc4)CC3)N2)cc1. The number of piperidine rings is 1. The molecule has 2 aliphatic rings. The standard InChI is InChI=1S/C27H34N4O4/c1-20(2)18-34-23-10-8-21(9-11-23)17-28-25-29-24(32)16-27(30-25)12-14-31(15-13-27)26(33)35-19-22-6-4-3-5-7-22/h3-11,20H,12-19H2,1-2H3,(H2,28,29,30,32). The first-order valence-electron chi connectivity index (χ1n) is 12.2. The number of carbonyl (C=O) groups is 2. The van der Waals surface area contributed by atoms with Gasteiger partial charge in [-0.05, 0) is 42.0 Å². The number of hydrogen-bond acceptors (Lipinski definition) is 5. The van der Waals surface area contributed by atoms with Gasteiger partial charge in [-0.3, -0.25) is 10.1 Å². The lowest BCUT2D eigenvalue weighted by Crippen LogP contribution is -2.64. The van der Waals surface area contributed by atoms with E-state index in [2.05, 4.69) is 29.5 Å². The lowest BCUT2D eigenvalue weighted by molar-refractivity contribution is -0.122. The number of guanidine groups is 1. The van der Waals surface area contributed by atoms with Crippen LogP contribution < -0.4 is 15.4 Å². The van der Waals surface area contributed by atoms with Crippen molar-refractivity contribution < 1.29 is 19.1 Å². The molecule has 2 saturated heterocycles. The van der Waals surface area contributed by atoms with E-state index < -0.39 is 5.54 Å². The Bertz CT molecular complexity index is 1030. The molecule has 4 rings (SSSR count). The normalized spacial score (nSPS) is 18.3. The molecular formula is C27H34N4O4. The number of carbonyl (C=O) groups excluding carboxylic acids is 2. The van der Waals surface area contributed by atoms with Gasteiger partial charge in [-0.2, -0.15) is 0 Å². The van der Waals surface area contributed by atoms with Crippen LogP contribution in [0.15, 0.2) is 59.6 Å². The van der Waals surface area contributed by atoms with Crippen molar-refractivity contribution in [1.82, 2.24) is 15.5 Å². The van der Waals surface area contributed by atoms with E-state index in [4.69, 9.17) is 9.47 Å². The molecule has 2 aromatic carbocycles. The topological polar surface area (TPSA) is 92.3 Å². The van der Waals surface area contributed by atoms with Gasteiger partial charge in [0.2, 0.25) is 5.91 Å². The van der Waals surface area contributed by atoms with Gasteiger partial charge in [-0.1, -0.05) is 56.3 Å². The third-order valence-corrected chi connectivity index (χ3v) is 6.25. The molecule has 8 heteroatoms. The third kappa shape index (κ3) is 6.97. The summed E-state index contributed by atoms with van der Waals surface area (Å²) in [4.78, 5) is 31.3. The van der Waals surface area contributed by atoms with Crippen molar-refractivity contribution in [1.29, 1.82) is 0 Å². The molecule has 0 atom stereocenters. The van der Waals surface area contributed by atoms with Crippen LogP contribution in [0.4, 0.5) is 4.79 Å². The first kappa shape index (κ1) is 24.6. The largest absolute Gasteiger partial charge is 0.493 e. The summed E-state index contributed by atoms with van der Waals surface area (Å²) in [5.41, 5.74) is 1.59. The molecule has 0 unspecified atom stereocenters. The molecule has 8 nitrogen and oxygen atoms in total. The van der Waals surface area contributed by atoms with Gasteiger partial charge in [0.25, 0.3) is 0 Å². The maximum atomic E-state index is 12.5. The van der Waals surface area contributed by atoms with Gasteiger partial charge < -0.3 is 19.7 Å². The first-order valence-corrected chi connectivity index (χ1v) is 12.2. The van der Waals surface area contributed by atoms with E-state index in [0.717, 1.165) is 16.9 Å². The zero-order valence-corrected chi connectivity index (χ0v) is 20.5. The highest BCUT2D eigenvalue weighted by Crippen LogP contribution is 2.28. The zero-order valence-electron chi connectivity index (χ0n) is 20.5. The molecule has 2 fully saturated rings. The molecule has 186 valence electrons. The highest BCUT2D eigenvalue weighted by Gasteiger charge is 2.41. The Balaban J connectivity index is 1.29. The Morgan fingerprint density at radius 2 is 1.77 bits per heavy atom. The molecule has 35 heavy (non-hydrogen) atoms. The Labute approximate surface area is 206 Å². The summed E-state index contributed by atoms with van der Waals surface area (Å²) in [6, 6.07) is 17.5. The van der Waals surface area contributed by atoms with Crippen LogP contribution in [-0.4, -0.2) is 48.1 Å². The Kier molecular flexibility index (Phi) is 7.90. The van der Waals surface area contributed by atoms with Gasteiger partial charge in [0.15, 0.2) is 5.96 Å². The molecule has 0 radical (unpaired) electrons. The maximum Gasteiger partial charge on any atom is 0.410 e. The molecule has 0 aliphatic carbocycles. The third-order valence-electron chi connectivity index (χ3n) is 6.25. The molecule has 2 heterocycles. The molecule has 2 aliphatic heterocycles. The number of nitrogens with zero attached hydrogens (tertiary/aromatic N) is 2. The number of hydrogen-bond donors (Lipinski definition) is 2. The van der Waals surface area contributed by atoms with Crippen molar-refractivity contribution in [2.45, 2.75) is 51.8 Å². The minimum Gasteiger partial charge on any atom is -0.493 e. The summed E-state index contributed by atoms with van der Waals surface area (Å²) < 4.78 is 11.2. The van der Waals surface area contributed by atoms with Crippen LogP contribution in [0.5, 0.6) is 5.75 Å². The minimum absolute atomic E-state index is 0.0555. The van der Waals surface area contributed by atoms with Crippen LogP contribution in [0, 0.1) is 5.92 Å². The second-order valence-corrected chi connectivity index (χ2v) is 9.67. The highest BCUT2D eigenvalue weighted by molar-refractivity contribution is 6.00. The van der Waals surface area contributed by atoms with Gasteiger partial charge in [-0.25, -0.2) is 9.79 Å². The summed E-state index contributed by atoms with van der Waals surface area (Å²) >= 11 is 0. The van der Waals surface area contributed by atoms with Gasteiger partial charge >= 0.3 is 6.09 Å². The number of nitrogens with one attached hydrogen (secondary N) is 2. The van der Waals surface area contributed by atoms with E-state index in [1.807, 2.05) is 54.6 Å². The second kappa shape index (κ2) is 11.3. The van der Waals surface area contributed by atoms with Crippen LogP contribution in [0.2, 0.25) is 0 Å². The fraction of sp³-hybridized carbons (Fsp3) is 0.444. The monoisotopic (exact) mass is 478 g/mol. The van der Waals surface area contributed by atoms with Crippen molar-refractivity contribution in [3.05, 3.63) is 65.7 Å². The summed E-state index contributed by atoms with van der Waals surface area (Å²) in [7, 11) is 0. The lowest BCUT2D eigenvalue weighted by atomic mass is 9.83. The first-order chi connectivity index (χ1) is 16.9. The van der Waals surface area contributed by atoms with Crippen LogP contribution in [0.3, 0.4) is 0 Å². The van der Waals surface area contributed by atoms with E-state index in [1.54, 1.807) is 4.90 Å². The van der Waals surface area contributed by atoms with Crippen molar-refractivity contribution in [2.24, 2.45) is 10.9 Å². The summed E-state index contributed by atoms with van der Waals surface area (Å²) in [6.07, 6.45) is 1.35. The molecule has 1 spiro atoms. The zero-order chi connectivity index (χ0) is 24.7. The average molecular weight is 479 g/mol. The van der Waals surface area contributed by atoms with Crippen LogP contribution >= 0.6 is 0 Å². The molecule has 2 aromatic rings. The van der Waals surface area contributed by atoms with Crippen molar-refractivity contribution in [2.75, 3.05) is 19.7 Å². The Morgan fingerprint density at radius 3 is 2.46 bits per heavy atom. The number of benzene rings is 2. The fourth-order valence-corrected chi connectivity index (χ4v) is 4.24. The Hall–Kier alpha value is -3.55. The number of likely N-dealkylation sites (tertiary alicyclic amines) is 1. The van der Waals surface area contributed by atoms with Crippen LogP contribution in [0.25, 0.3) is 0 Å². The minimum atomic E-state index is -0.397. The lowest BCUT2D eigenvalue weighted by Gasteiger charge is -2.44. The van der Waals surface area contributed by atoms with Gasteiger partial charge in [-0.15, -0.1) is 0 Å². The molecule has 2 amide bonds. The predicted octanol–water partition coefficient (Wildman–Crippen LogP) is 3.86. The van der Waals surface area contributed by atoms with E-state index in [0.29, 0.717) is 57.4 Å². The molecule has 0 saturated carbocycles. The number of aliphatic imine (C=N–C) groups is 1. The van der Waals surface area contributed by atoms with Crippen LogP contribution in [0.1, 0.15) is 44.2 Å². The highest BCUT2D eigenvalue weighted by atomic mass is 16.6. The summed E-state index contributed by atoms with van der Waals surface area (Å²) in [5, 5.41) is 6.29. The predicted molar refractivity (Wildman–Crippen MR) is 134 cm³/mol. The van der Waals surface area contributed by atoms with Crippen LogP contribution in [-0.2, 0) is 22.7 Å².